The Morgan fingerprint density at radius 2 is 1.94 bits per heavy atom. The van der Waals surface area contributed by atoms with E-state index >= 15 is 0 Å². The van der Waals surface area contributed by atoms with Gasteiger partial charge in [-0.1, -0.05) is 24.6 Å². The molecule has 0 radical (unpaired) electrons. The Morgan fingerprint density at radius 3 is 2.65 bits per heavy atom. The van der Waals surface area contributed by atoms with Crippen LogP contribution in [-0.4, -0.2) is 19.6 Å². The molecule has 1 aromatic rings. The van der Waals surface area contributed by atoms with E-state index in [1.54, 1.807) is 0 Å². The van der Waals surface area contributed by atoms with Crippen LogP contribution in [0.5, 0.6) is 0 Å². The fourth-order valence-electron chi connectivity index (χ4n) is 1.52. The molecule has 1 aromatic carbocycles. The minimum Gasteiger partial charge on any atom is -0.317 e. The van der Waals surface area contributed by atoms with Crippen LogP contribution < -0.4 is 10.6 Å². The van der Waals surface area contributed by atoms with Gasteiger partial charge in [-0.15, -0.1) is 0 Å². The molecule has 0 spiro atoms. The molecule has 0 saturated carbocycles. The van der Waals surface area contributed by atoms with Gasteiger partial charge < -0.3 is 10.6 Å². The molecule has 1 rings (SSSR count). The van der Waals surface area contributed by atoms with Crippen molar-refractivity contribution in [1.82, 2.24) is 10.6 Å². The van der Waals surface area contributed by atoms with E-state index < -0.39 is 0 Å². The van der Waals surface area contributed by atoms with Crippen molar-refractivity contribution in [2.75, 3.05) is 19.6 Å². The van der Waals surface area contributed by atoms with Gasteiger partial charge in [0.15, 0.2) is 0 Å². The molecule has 0 saturated heterocycles. The number of halogens is 2. The molecule has 0 aromatic heterocycles. The van der Waals surface area contributed by atoms with Crippen molar-refractivity contribution >= 4 is 34.2 Å². The maximum Gasteiger partial charge on any atom is 0.0542 e. The molecule has 17 heavy (non-hydrogen) atoms. The quantitative estimate of drug-likeness (QED) is 0.544. The Morgan fingerprint density at radius 1 is 1.18 bits per heavy atom. The normalized spacial score (nSPS) is 10.8. The van der Waals surface area contributed by atoms with Crippen LogP contribution in [0.2, 0.25) is 5.02 Å². The number of rotatable bonds is 8. The van der Waals surface area contributed by atoms with Gasteiger partial charge in [-0.25, -0.2) is 0 Å². The first-order valence-corrected chi connectivity index (χ1v) is 7.55. The summed E-state index contributed by atoms with van der Waals surface area (Å²) in [5.74, 6) is 0. The Kier molecular flexibility index (Phi) is 8.18. The predicted octanol–water partition coefficient (Wildman–Crippen LogP) is 3.42. The van der Waals surface area contributed by atoms with Gasteiger partial charge >= 0.3 is 0 Å². The zero-order valence-electron chi connectivity index (χ0n) is 10.2. The van der Waals surface area contributed by atoms with Crippen LogP contribution >= 0.6 is 34.2 Å². The lowest BCUT2D eigenvalue weighted by molar-refractivity contribution is 0.592. The third kappa shape index (κ3) is 6.60. The molecule has 2 N–H and O–H groups in total. The Balaban J connectivity index is 2.11. The van der Waals surface area contributed by atoms with Gasteiger partial charge in [0.25, 0.3) is 0 Å². The minimum atomic E-state index is 0.842. The van der Waals surface area contributed by atoms with E-state index in [2.05, 4.69) is 52.3 Å². The highest BCUT2D eigenvalue weighted by Gasteiger charge is 1.98. The highest BCUT2D eigenvalue weighted by atomic mass is 127. The summed E-state index contributed by atoms with van der Waals surface area (Å²) >= 11 is 8.31. The van der Waals surface area contributed by atoms with Gasteiger partial charge in [0, 0.05) is 10.1 Å². The summed E-state index contributed by atoms with van der Waals surface area (Å²) in [7, 11) is 0. The fourth-order valence-corrected chi connectivity index (χ4v) is 2.06. The molecule has 0 aliphatic carbocycles. The van der Waals surface area contributed by atoms with Crippen LogP contribution in [0.25, 0.3) is 0 Å². The second-order valence-corrected chi connectivity index (χ2v) is 5.60. The molecule has 0 bridgehead atoms. The number of hydrogen-bond donors (Lipinski definition) is 2. The first-order valence-electron chi connectivity index (χ1n) is 6.09. The third-order valence-electron chi connectivity index (χ3n) is 2.45. The first kappa shape index (κ1) is 15.2. The van der Waals surface area contributed by atoms with E-state index in [0.29, 0.717) is 0 Å². The van der Waals surface area contributed by atoms with Crippen molar-refractivity contribution in [2.24, 2.45) is 0 Å². The molecule has 0 atom stereocenters. The smallest absolute Gasteiger partial charge is 0.0542 e. The average molecular weight is 367 g/mol. The van der Waals surface area contributed by atoms with Crippen molar-refractivity contribution in [3.63, 3.8) is 0 Å². The average Bonchev–Trinajstić information content (AvgIpc) is 2.32. The SMILES string of the molecule is CCCNCCCNCc1ccc(I)c(Cl)c1. The standard InChI is InChI=1S/C13H20ClIN2/c1-2-6-16-7-3-8-17-10-11-4-5-13(15)12(14)9-11/h4-5,9,16-17H,2-3,6-8,10H2,1H3. The van der Waals surface area contributed by atoms with Crippen molar-refractivity contribution < 1.29 is 0 Å². The molecule has 96 valence electrons. The van der Waals surface area contributed by atoms with Crippen LogP contribution in [0.1, 0.15) is 25.3 Å². The van der Waals surface area contributed by atoms with E-state index in [0.717, 1.165) is 41.2 Å². The zero-order valence-corrected chi connectivity index (χ0v) is 13.1. The van der Waals surface area contributed by atoms with Crippen LogP contribution in [0.15, 0.2) is 18.2 Å². The molecule has 0 unspecified atom stereocenters. The molecular weight excluding hydrogens is 347 g/mol. The summed E-state index contributed by atoms with van der Waals surface area (Å²) in [5.41, 5.74) is 1.25. The van der Waals surface area contributed by atoms with Gasteiger partial charge in [0.1, 0.15) is 0 Å². The van der Waals surface area contributed by atoms with E-state index in [4.69, 9.17) is 11.6 Å². The predicted molar refractivity (Wildman–Crippen MR) is 83.7 cm³/mol. The molecule has 4 heteroatoms. The maximum absolute atomic E-state index is 6.07. The van der Waals surface area contributed by atoms with Gasteiger partial charge in [-0.2, -0.15) is 0 Å². The van der Waals surface area contributed by atoms with E-state index in [-0.39, 0.29) is 0 Å². The first-order chi connectivity index (χ1) is 8.24. The number of hydrogen-bond acceptors (Lipinski definition) is 2. The zero-order chi connectivity index (χ0) is 12.5. The molecular formula is C13H20ClIN2. The highest BCUT2D eigenvalue weighted by Crippen LogP contribution is 2.19. The summed E-state index contributed by atoms with van der Waals surface area (Å²) in [6.45, 7) is 6.33. The van der Waals surface area contributed by atoms with Crippen LogP contribution in [0.4, 0.5) is 0 Å². The van der Waals surface area contributed by atoms with Gasteiger partial charge in [0.05, 0.1) is 5.02 Å². The largest absolute Gasteiger partial charge is 0.317 e. The monoisotopic (exact) mass is 366 g/mol. The second-order valence-electron chi connectivity index (χ2n) is 4.03. The maximum atomic E-state index is 6.07. The molecule has 2 nitrogen and oxygen atoms in total. The fraction of sp³-hybridized carbons (Fsp3) is 0.538. The van der Waals surface area contributed by atoms with Crippen molar-refractivity contribution in [3.8, 4) is 0 Å². The van der Waals surface area contributed by atoms with Gasteiger partial charge in [-0.05, 0) is 72.8 Å². The summed E-state index contributed by atoms with van der Waals surface area (Å²) in [6, 6.07) is 6.21. The number of nitrogens with one attached hydrogen (secondary N) is 2. The van der Waals surface area contributed by atoms with E-state index in [1.807, 2.05) is 6.07 Å². The van der Waals surface area contributed by atoms with Crippen LogP contribution in [-0.2, 0) is 6.54 Å². The minimum absolute atomic E-state index is 0.842. The van der Waals surface area contributed by atoms with Gasteiger partial charge in [-0.3, -0.25) is 0 Å². The van der Waals surface area contributed by atoms with Crippen molar-refractivity contribution in [1.29, 1.82) is 0 Å². The lowest BCUT2D eigenvalue weighted by Gasteiger charge is -2.06. The molecule has 0 aliphatic heterocycles. The number of benzene rings is 1. The van der Waals surface area contributed by atoms with Crippen LogP contribution in [0.3, 0.4) is 0 Å². The molecule has 0 aliphatic rings. The second kappa shape index (κ2) is 9.14. The highest BCUT2D eigenvalue weighted by molar-refractivity contribution is 14.1. The van der Waals surface area contributed by atoms with E-state index in [9.17, 15) is 0 Å². The van der Waals surface area contributed by atoms with Crippen molar-refractivity contribution in [2.45, 2.75) is 26.3 Å². The summed E-state index contributed by atoms with van der Waals surface area (Å²) in [5, 5.41) is 7.65. The summed E-state index contributed by atoms with van der Waals surface area (Å²) < 4.78 is 1.11. The van der Waals surface area contributed by atoms with Crippen molar-refractivity contribution in [3.05, 3.63) is 32.4 Å². The lowest BCUT2D eigenvalue weighted by atomic mass is 10.2. The van der Waals surface area contributed by atoms with Gasteiger partial charge in [0.2, 0.25) is 0 Å². The molecule has 0 amide bonds. The van der Waals surface area contributed by atoms with E-state index in [1.165, 1.54) is 12.0 Å². The lowest BCUT2D eigenvalue weighted by Crippen LogP contribution is -2.22. The van der Waals surface area contributed by atoms with Crippen LogP contribution in [0, 0.1) is 3.57 Å². The topological polar surface area (TPSA) is 24.1 Å². The third-order valence-corrected chi connectivity index (χ3v) is 4.02. The summed E-state index contributed by atoms with van der Waals surface area (Å²) in [6.07, 6.45) is 2.37. The molecule has 0 fully saturated rings. The Bertz CT molecular complexity index is 331. The Labute approximate surface area is 123 Å². The molecule has 0 heterocycles. The Hall–Kier alpha value is 0.160. The summed E-state index contributed by atoms with van der Waals surface area (Å²) in [4.78, 5) is 0.